The van der Waals surface area contributed by atoms with E-state index in [9.17, 15) is 14.0 Å². The maximum absolute atomic E-state index is 12.8. The summed E-state index contributed by atoms with van der Waals surface area (Å²) in [5.74, 6) is -1.54. The van der Waals surface area contributed by atoms with Crippen molar-refractivity contribution in [1.82, 2.24) is 5.32 Å². The second kappa shape index (κ2) is 7.14. The Morgan fingerprint density at radius 2 is 1.76 bits per heavy atom. The molecule has 1 aliphatic rings. The highest BCUT2D eigenvalue weighted by atomic mass is 19.1. The number of para-hydroxylation sites is 1. The van der Waals surface area contributed by atoms with E-state index in [1.807, 2.05) is 6.07 Å². The van der Waals surface area contributed by atoms with Gasteiger partial charge >= 0.3 is 0 Å². The predicted molar refractivity (Wildman–Crippen MR) is 89.6 cm³/mol. The van der Waals surface area contributed by atoms with Crippen LogP contribution in [-0.4, -0.2) is 11.8 Å². The van der Waals surface area contributed by atoms with Crippen LogP contribution >= 0.6 is 0 Å². The Kier molecular flexibility index (Phi) is 4.75. The molecule has 2 N–H and O–H groups in total. The Morgan fingerprint density at radius 3 is 2.48 bits per heavy atom. The normalized spacial score (nSPS) is 18.1. The summed E-state index contributed by atoms with van der Waals surface area (Å²) in [6.45, 7) is 0.293. The Labute approximate surface area is 144 Å². The lowest BCUT2D eigenvalue weighted by Crippen LogP contribution is -2.27. The van der Waals surface area contributed by atoms with Crippen LogP contribution in [0.5, 0.6) is 0 Å². The van der Waals surface area contributed by atoms with Crippen LogP contribution in [0.15, 0.2) is 48.5 Å². The van der Waals surface area contributed by atoms with Gasteiger partial charge in [-0.1, -0.05) is 24.3 Å². The fourth-order valence-corrected chi connectivity index (χ4v) is 2.61. The number of hydrogen-bond donors (Lipinski definition) is 2. The van der Waals surface area contributed by atoms with Crippen molar-refractivity contribution in [3.05, 3.63) is 65.5 Å². The summed E-state index contributed by atoms with van der Waals surface area (Å²) in [6, 6.07) is 14.6. The Hall–Kier alpha value is -3.20. The summed E-state index contributed by atoms with van der Waals surface area (Å²) in [7, 11) is 0. The van der Waals surface area contributed by atoms with Crippen molar-refractivity contribution in [1.29, 1.82) is 5.26 Å². The van der Waals surface area contributed by atoms with Gasteiger partial charge in [-0.25, -0.2) is 4.39 Å². The molecule has 1 aliphatic carbocycles. The number of nitrogens with zero attached hydrogens (tertiary/aromatic N) is 1. The molecule has 126 valence electrons. The molecule has 0 heterocycles. The maximum atomic E-state index is 12.8. The van der Waals surface area contributed by atoms with Gasteiger partial charge in [0.05, 0.1) is 23.1 Å². The molecule has 0 spiro atoms. The van der Waals surface area contributed by atoms with Crippen molar-refractivity contribution in [2.45, 2.75) is 13.0 Å². The SMILES string of the molecule is N#Cc1ccccc1NC(=O)C1CC1C(=O)NCc1ccc(F)cc1. The highest BCUT2D eigenvalue weighted by Crippen LogP contribution is 2.39. The average Bonchev–Trinajstić information content (AvgIpc) is 3.42. The number of benzene rings is 2. The van der Waals surface area contributed by atoms with Crippen LogP contribution in [-0.2, 0) is 16.1 Å². The number of halogens is 1. The van der Waals surface area contributed by atoms with Crippen molar-refractivity contribution in [2.75, 3.05) is 5.32 Å². The monoisotopic (exact) mass is 337 g/mol. The summed E-state index contributed by atoms with van der Waals surface area (Å²) in [6.07, 6.45) is 0.482. The van der Waals surface area contributed by atoms with Crippen molar-refractivity contribution in [3.8, 4) is 6.07 Å². The third kappa shape index (κ3) is 4.01. The molecule has 2 aromatic rings. The van der Waals surface area contributed by atoms with Gasteiger partial charge in [-0.15, -0.1) is 0 Å². The second-order valence-corrected chi connectivity index (χ2v) is 5.94. The van der Waals surface area contributed by atoms with E-state index in [0.717, 1.165) is 5.56 Å². The summed E-state index contributed by atoms with van der Waals surface area (Å²) in [5, 5.41) is 14.5. The molecule has 2 aromatic carbocycles. The third-order valence-electron chi connectivity index (χ3n) is 4.15. The Bertz CT molecular complexity index is 842. The van der Waals surface area contributed by atoms with E-state index < -0.39 is 0 Å². The first-order valence-corrected chi connectivity index (χ1v) is 7.90. The first-order valence-electron chi connectivity index (χ1n) is 7.90. The molecule has 5 nitrogen and oxygen atoms in total. The van der Waals surface area contributed by atoms with Crippen molar-refractivity contribution in [2.24, 2.45) is 11.8 Å². The molecule has 1 saturated carbocycles. The molecule has 1 fully saturated rings. The number of nitrogens with one attached hydrogen (secondary N) is 2. The van der Waals surface area contributed by atoms with E-state index in [-0.39, 0.29) is 29.5 Å². The topological polar surface area (TPSA) is 82.0 Å². The third-order valence-corrected chi connectivity index (χ3v) is 4.15. The Morgan fingerprint density at radius 1 is 1.08 bits per heavy atom. The van der Waals surface area contributed by atoms with Crippen LogP contribution < -0.4 is 10.6 Å². The zero-order valence-corrected chi connectivity index (χ0v) is 13.3. The van der Waals surface area contributed by atoms with Crippen LogP contribution in [0.1, 0.15) is 17.5 Å². The average molecular weight is 337 g/mol. The van der Waals surface area contributed by atoms with E-state index in [4.69, 9.17) is 5.26 Å². The van der Waals surface area contributed by atoms with Crippen molar-refractivity contribution >= 4 is 17.5 Å². The highest BCUT2D eigenvalue weighted by Gasteiger charge is 2.48. The summed E-state index contributed by atoms with van der Waals surface area (Å²) in [4.78, 5) is 24.3. The van der Waals surface area contributed by atoms with Crippen LogP contribution in [0.3, 0.4) is 0 Å². The van der Waals surface area contributed by atoms with Crippen molar-refractivity contribution in [3.63, 3.8) is 0 Å². The molecule has 0 bridgehead atoms. The minimum atomic E-state index is -0.389. The van der Waals surface area contributed by atoms with E-state index in [0.29, 0.717) is 24.2 Å². The molecule has 2 unspecified atom stereocenters. The van der Waals surface area contributed by atoms with Gasteiger partial charge in [0.25, 0.3) is 0 Å². The molecule has 0 aliphatic heterocycles. The zero-order valence-electron chi connectivity index (χ0n) is 13.3. The van der Waals surface area contributed by atoms with Gasteiger partial charge < -0.3 is 10.6 Å². The first-order chi connectivity index (χ1) is 12.1. The number of nitriles is 1. The predicted octanol–water partition coefficient (Wildman–Crippen LogP) is 2.59. The van der Waals surface area contributed by atoms with Crippen LogP contribution in [0.25, 0.3) is 0 Å². The smallest absolute Gasteiger partial charge is 0.228 e. The van der Waals surface area contributed by atoms with E-state index in [1.54, 1.807) is 36.4 Å². The van der Waals surface area contributed by atoms with Gasteiger partial charge in [-0.2, -0.15) is 5.26 Å². The lowest BCUT2D eigenvalue weighted by Gasteiger charge is -2.07. The molecule has 2 atom stereocenters. The van der Waals surface area contributed by atoms with Gasteiger partial charge in [-0.3, -0.25) is 9.59 Å². The number of amides is 2. The second-order valence-electron chi connectivity index (χ2n) is 5.94. The minimum Gasteiger partial charge on any atom is -0.352 e. The number of anilines is 1. The van der Waals surface area contributed by atoms with Gasteiger partial charge in [0.1, 0.15) is 11.9 Å². The molecule has 0 aromatic heterocycles. The standard InChI is InChI=1S/C19H16FN3O2/c20-14-7-5-12(6-8-14)11-22-18(24)15-9-16(15)19(25)23-17-4-2-1-3-13(17)10-21/h1-8,15-16H,9,11H2,(H,22,24)(H,23,25). The van der Waals surface area contributed by atoms with Gasteiger partial charge in [0.2, 0.25) is 11.8 Å². The number of hydrogen-bond acceptors (Lipinski definition) is 3. The largest absolute Gasteiger partial charge is 0.352 e. The summed E-state index contributed by atoms with van der Waals surface area (Å²) >= 11 is 0. The fourth-order valence-electron chi connectivity index (χ4n) is 2.61. The van der Waals surface area contributed by atoms with E-state index in [1.165, 1.54) is 12.1 Å². The quantitative estimate of drug-likeness (QED) is 0.880. The Balaban J connectivity index is 1.51. The van der Waals surface area contributed by atoms with E-state index in [2.05, 4.69) is 10.6 Å². The molecule has 3 rings (SSSR count). The zero-order chi connectivity index (χ0) is 17.8. The molecule has 0 radical (unpaired) electrons. The molecule has 6 heteroatoms. The molecule has 25 heavy (non-hydrogen) atoms. The maximum Gasteiger partial charge on any atom is 0.228 e. The molecule has 0 saturated heterocycles. The van der Waals surface area contributed by atoms with Crippen LogP contribution in [0.2, 0.25) is 0 Å². The number of carbonyl (C=O) groups is 2. The fraction of sp³-hybridized carbons (Fsp3) is 0.211. The minimum absolute atomic E-state index is 0.196. The highest BCUT2D eigenvalue weighted by molar-refractivity contribution is 6.00. The van der Waals surface area contributed by atoms with Crippen LogP contribution in [0, 0.1) is 29.0 Å². The molecular formula is C19H16FN3O2. The lowest BCUT2D eigenvalue weighted by molar-refractivity contribution is -0.125. The van der Waals surface area contributed by atoms with E-state index >= 15 is 0 Å². The van der Waals surface area contributed by atoms with Crippen LogP contribution in [0.4, 0.5) is 10.1 Å². The van der Waals surface area contributed by atoms with Gasteiger partial charge in [0.15, 0.2) is 0 Å². The van der Waals surface area contributed by atoms with Gasteiger partial charge in [0, 0.05) is 6.54 Å². The molecular weight excluding hydrogens is 321 g/mol. The first kappa shape index (κ1) is 16.7. The summed E-state index contributed by atoms with van der Waals surface area (Å²) in [5.41, 5.74) is 1.63. The van der Waals surface area contributed by atoms with Crippen molar-refractivity contribution < 1.29 is 14.0 Å². The summed E-state index contributed by atoms with van der Waals surface area (Å²) < 4.78 is 12.8. The number of carbonyl (C=O) groups excluding carboxylic acids is 2. The number of rotatable bonds is 5. The molecule has 2 amide bonds. The van der Waals surface area contributed by atoms with Gasteiger partial charge in [-0.05, 0) is 36.2 Å². The lowest BCUT2D eigenvalue weighted by atomic mass is 10.2.